The van der Waals surface area contributed by atoms with Gasteiger partial charge in [0.1, 0.15) is 41.3 Å². The average molecular weight is 628 g/mol. The minimum absolute atomic E-state index is 0.151. The van der Waals surface area contributed by atoms with E-state index in [4.69, 9.17) is 18.6 Å². The average Bonchev–Trinajstić information content (AvgIpc) is 3.78. The number of ether oxygens (including phenoxy) is 1. The summed E-state index contributed by atoms with van der Waals surface area (Å²) in [7, 11) is 0. The minimum atomic E-state index is -1.28. The summed E-state index contributed by atoms with van der Waals surface area (Å²) in [4.78, 5) is 36.6. The van der Waals surface area contributed by atoms with Crippen LogP contribution in [0.25, 0.3) is 11.6 Å². The number of para-hydroxylation sites is 1. The molecular weight excluding hydrogens is 590 g/mol. The Morgan fingerprint density at radius 3 is 2.63 bits per heavy atom. The van der Waals surface area contributed by atoms with Crippen LogP contribution in [0.15, 0.2) is 57.6 Å². The topological polar surface area (TPSA) is 172 Å². The molecule has 0 saturated carbocycles. The van der Waals surface area contributed by atoms with Crippen LogP contribution in [0.2, 0.25) is 0 Å². The van der Waals surface area contributed by atoms with Gasteiger partial charge in [0.25, 0.3) is 0 Å². The molecule has 240 valence electrons. The second-order valence-corrected chi connectivity index (χ2v) is 13.6. The standard InChI is InChI=1S/C34H37N5O7/c1-16(2)25(41)29(43)36-22-13-17-10-11-23-20(12-17)34(19-8-6-7-9-21(19)37-32(34)45-23)27-24(30-35-18(14-40)15-44-30)38-31(46-27)26(33(3,4)5)39-28(22)42/h6-12,15-16,22,25-26,32,37,40-41H,13-14H2,1-5H3,(H,36,43)(H,39,42)/t22-,25-,26?,32?,34-/m0/s1. The van der Waals surface area contributed by atoms with E-state index in [9.17, 15) is 19.8 Å². The molecule has 2 aromatic carbocycles. The van der Waals surface area contributed by atoms with Gasteiger partial charge in [-0.1, -0.05) is 65.0 Å². The molecule has 2 aromatic heterocycles. The van der Waals surface area contributed by atoms with Gasteiger partial charge in [0.05, 0.1) is 6.61 Å². The zero-order valence-corrected chi connectivity index (χ0v) is 26.2. The van der Waals surface area contributed by atoms with E-state index < -0.39 is 47.1 Å². The van der Waals surface area contributed by atoms with Crippen LogP contribution in [0.4, 0.5) is 5.69 Å². The van der Waals surface area contributed by atoms with Crippen molar-refractivity contribution in [2.45, 2.75) is 77.5 Å². The number of nitrogens with one attached hydrogen (secondary N) is 3. The number of fused-ring (bicyclic) bond motifs is 4. The summed E-state index contributed by atoms with van der Waals surface area (Å²) >= 11 is 0. The molecule has 1 spiro atoms. The number of anilines is 1. The molecule has 2 unspecified atom stereocenters. The number of oxazole rings is 2. The van der Waals surface area contributed by atoms with Crippen molar-refractivity contribution in [3.8, 4) is 17.3 Å². The van der Waals surface area contributed by atoms with Gasteiger partial charge in [0.15, 0.2) is 17.7 Å². The summed E-state index contributed by atoms with van der Waals surface area (Å²) in [6.07, 6.45) is -0.380. The number of hydrogen-bond acceptors (Lipinski definition) is 10. The summed E-state index contributed by atoms with van der Waals surface area (Å²) < 4.78 is 19.2. The molecule has 4 bridgehead atoms. The number of amides is 2. The molecule has 3 aliphatic rings. The monoisotopic (exact) mass is 627 g/mol. The molecule has 12 nitrogen and oxygen atoms in total. The lowest BCUT2D eigenvalue weighted by molar-refractivity contribution is -0.136. The van der Waals surface area contributed by atoms with Gasteiger partial charge in [0, 0.05) is 17.7 Å². The van der Waals surface area contributed by atoms with Crippen LogP contribution in [0.1, 0.15) is 74.7 Å². The Hall–Kier alpha value is -4.68. The molecule has 0 radical (unpaired) electrons. The lowest BCUT2D eigenvalue weighted by atomic mass is 9.72. The molecule has 0 saturated heterocycles. The zero-order chi connectivity index (χ0) is 32.5. The molecule has 4 aromatic rings. The number of nitrogens with zero attached hydrogens (tertiary/aromatic N) is 2. The van der Waals surface area contributed by atoms with E-state index in [1.54, 1.807) is 13.8 Å². The maximum Gasteiger partial charge on any atom is 0.249 e. The highest BCUT2D eigenvalue weighted by Gasteiger charge is 2.61. The second kappa shape index (κ2) is 10.7. The van der Waals surface area contributed by atoms with Crippen molar-refractivity contribution in [1.29, 1.82) is 0 Å². The summed E-state index contributed by atoms with van der Waals surface area (Å²) in [5, 5.41) is 29.7. The van der Waals surface area contributed by atoms with Gasteiger partial charge in [-0.15, -0.1) is 0 Å². The van der Waals surface area contributed by atoms with E-state index in [0.29, 0.717) is 22.9 Å². The summed E-state index contributed by atoms with van der Waals surface area (Å²) in [5.41, 5.74) is 2.29. The lowest BCUT2D eigenvalue weighted by Gasteiger charge is -2.32. The summed E-state index contributed by atoms with van der Waals surface area (Å²) in [6.45, 7) is 9.00. The first-order valence-corrected chi connectivity index (χ1v) is 15.4. The first-order valence-electron chi connectivity index (χ1n) is 15.4. The minimum Gasteiger partial charge on any atom is -0.469 e. The Morgan fingerprint density at radius 2 is 1.91 bits per heavy atom. The second-order valence-electron chi connectivity index (χ2n) is 13.6. The number of carbonyl (C=O) groups excluding carboxylic acids is 2. The number of hydrogen-bond donors (Lipinski definition) is 5. The molecule has 0 fully saturated rings. The summed E-state index contributed by atoms with van der Waals surface area (Å²) in [5.74, 6) is -0.0293. The molecule has 3 aliphatic heterocycles. The number of carbonyl (C=O) groups is 2. The predicted molar refractivity (Wildman–Crippen MR) is 166 cm³/mol. The number of rotatable bonds is 5. The Kier molecular flexibility index (Phi) is 6.98. The molecule has 0 aliphatic carbocycles. The Bertz CT molecular complexity index is 1840. The third-order valence-corrected chi connectivity index (χ3v) is 9.04. The highest BCUT2D eigenvalue weighted by atomic mass is 16.5. The van der Waals surface area contributed by atoms with E-state index in [2.05, 4.69) is 20.9 Å². The molecule has 12 heteroatoms. The third-order valence-electron chi connectivity index (χ3n) is 9.04. The Labute approximate surface area is 265 Å². The molecule has 5 N–H and O–H groups in total. The fraction of sp³-hybridized carbons (Fsp3) is 0.412. The van der Waals surface area contributed by atoms with Crippen molar-refractivity contribution >= 4 is 17.5 Å². The highest BCUT2D eigenvalue weighted by Crippen LogP contribution is 2.59. The third kappa shape index (κ3) is 4.58. The number of aliphatic hydroxyl groups is 2. The highest BCUT2D eigenvalue weighted by molar-refractivity contribution is 5.90. The first-order chi connectivity index (χ1) is 21.9. The Balaban J connectivity index is 1.49. The number of aromatic nitrogens is 2. The van der Waals surface area contributed by atoms with Gasteiger partial charge in [0.2, 0.25) is 23.6 Å². The Morgan fingerprint density at radius 1 is 1.13 bits per heavy atom. The van der Waals surface area contributed by atoms with Crippen LogP contribution in [-0.2, 0) is 28.0 Å². The van der Waals surface area contributed by atoms with Crippen LogP contribution < -0.4 is 20.7 Å². The molecule has 2 amide bonds. The van der Waals surface area contributed by atoms with Gasteiger partial charge in [-0.25, -0.2) is 9.97 Å². The van der Waals surface area contributed by atoms with Crippen molar-refractivity contribution < 1.29 is 33.4 Å². The van der Waals surface area contributed by atoms with Crippen LogP contribution >= 0.6 is 0 Å². The zero-order valence-electron chi connectivity index (χ0n) is 26.2. The van der Waals surface area contributed by atoms with E-state index in [-0.39, 0.29) is 30.7 Å². The maximum absolute atomic E-state index is 14.0. The molecule has 7 rings (SSSR count). The largest absolute Gasteiger partial charge is 0.469 e. The predicted octanol–water partition coefficient (Wildman–Crippen LogP) is 3.56. The van der Waals surface area contributed by atoms with E-state index in [1.807, 2.05) is 63.2 Å². The van der Waals surface area contributed by atoms with E-state index >= 15 is 0 Å². The quantitative estimate of drug-likeness (QED) is 0.220. The smallest absolute Gasteiger partial charge is 0.249 e. The van der Waals surface area contributed by atoms with Crippen LogP contribution in [0, 0.1) is 11.3 Å². The fourth-order valence-electron chi connectivity index (χ4n) is 6.61. The van der Waals surface area contributed by atoms with Crippen LogP contribution in [0.3, 0.4) is 0 Å². The van der Waals surface area contributed by atoms with Crippen LogP contribution in [-0.4, -0.2) is 50.4 Å². The maximum atomic E-state index is 14.0. The number of benzene rings is 2. The van der Waals surface area contributed by atoms with Crippen LogP contribution in [0.5, 0.6) is 5.75 Å². The van der Waals surface area contributed by atoms with Gasteiger partial charge in [-0.2, -0.15) is 0 Å². The summed E-state index contributed by atoms with van der Waals surface area (Å²) in [6, 6.07) is 11.8. The van der Waals surface area contributed by atoms with Gasteiger partial charge >= 0.3 is 0 Å². The van der Waals surface area contributed by atoms with E-state index in [0.717, 1.165) is 22.4 Å². The molecule has 5 atom stereocenters. The molecule has 46 heavy (non-hydrogen) atoms. The molecular formula is C34H37N5O7. The van der Waals surface area contributed by atoms with Gasteiger partial charge in [-0.3, -0.25) is 9.59 Å². The molecule has 5 heterocycles. The van der Waals surface area contributed by atoms with Gasteiger partial charge < -0.3 is 39.7 Å². The lowest BCUT2D eigenvalue weighted by Crippen LogP contribution is -2.53. The number of aliphatic hydroxyl groups excluding tert-OH is 2. The van der Waals surface area contributed by atoms with E-state index in [1.165, 1.54) is 6.26 Å². The fourth-order valence-corrected chi connectivity index (χ4v) is 6.61. The van der Waals surface area contributed by atoms with Crippen molar-refractivity contribution in [1.82, 2.24) is 20.6 Å². The first kappa shape index (κ1) is 30.0. The van der Waals surface area contributed by atoms with Crippen molar-refractivity contribution in [3.05, 3.63) is 82.8 Å². The van der Waals surface area contributed by atoms with Crippen molar-refractivity contribution in [2.75, 3.05) is 5.32 Å². The SMILES string of the molecule is CC(C)[C@H](O)C(=O)N[C@H]1Cc2ccc3c(c2)[C@@]2(c4ccccc4NC2O3)c2oc(nc2-c2nc(CO)co2)C(C(C)(C)C)NC1=O. The van der Waals surface area contributed by atoms with Crippen molar-refractivity contribution in [2.24, 2.45) is 11.3 Å². The normalized spacial score (nSPS) is 23.7. The van der Waals surface area contributed by atoms with Crippen molar-refractivity contribution in [3.63, 3.8) is 0 Å². The van der Waals surface area contributed by atoms with Gasteiger partial charge in [-0.05, 0) is 34.6 Å².